The molecule has 0 aliphatic heterocycles. The largest absolute Gasteiger partial charge is 0.497 e. The fourth-order valence-electron chi connectivity index (χ4n) is 4.03. The Bertz CT molecular complexity index is 1750. The number of hydrogen-bond donors (Lipinski definition) is 2. The minimum Gasteiger partial charge on any atom is -0.497 e. The number of carbonyl (C=O) groups excluding carboxylic acids is 2. The highest BCUT2D eigenvalue weighted by Crippen LogP contribution is 2.36. The molecule has 246 valence electrons. The topological polar surface area (TPSA) is 187 Å². The highest BCUT2D eigenvalue weighted by atomic mass is 19.1. The lowest BCUT2D eigenvalue weighted by Gasteiger charge is -2.21. The van der Waals surface area contributed by atoms with Gasteiger partial charge in [-0.3, -0.25) is 4.79 Å². The lowest BCUT2D eigenvalue weighted by atomic mass is 10.0. The Kier molecular flexibility index (Phi) is 11.4. The van der Waals surface area contributed by atoms with E-state index < -0.39 is 23.9 Å². The number of carbonyl (C=O) groups is 2. The van der Waals surface area contributed by atoms with Crippen LogP contribution in [0.4, 0.5) is 14.9 Å². The van der Waals surface area contributed by atoms with E-state index in [4.69, 9.17) is 29.4 Å². The maximum absolute atomic E-state index is 16.2. The number of amidine groups is 1. The van der Waals surface area contributed by atoms with E-state index >= 15 is 4.39 Å². The van der Waals surface area contributed by atoms with E-state index in [-0.39, 0.29) is 60.5 Å². The molecule has 4 rings (SSSR count). The van der Waals surface area contributed by atoms with Gasteiger partial charge in [0.05, 0.1) is 14.2 Å². The first-order chi connectivity index (χ1) is 22.6. The molecule has 1 amide bonds. The zero-order chi connectivity index (χ0) is 33.9. The van der Waals surface area contributed by atoms with E-state index in [1.165, 1.54) is 50.4 Å². The molecule has 0 saturated heterocycles. The molecule has 2 aromatic heterocycles. The van der Waals surface area contributed by atoms with Crippen molar-refractivity contribution in [3.05, 3.63) is 89.8 Å². The van der Waals surface area contributed by atoms with Crippen molar-refractivity contribution in [3.63, 3.8) is 0 Å². The summed E-state index contributed by atoms with van der Waals surface area (Å²) in [6, 6.07) is 9.96. The maximum atomic E-state index is 16.2. The molecule has 1 atom stereocenters. The zero-order valence-electron chi connectivity index (χ0n) is 26.1. The van der Waals surface area contributed by atoms with Crippen molar-refractivity contribution in [1.29, 1.82) is 0 Å². The van der Waals surface area contributed by atoms with Crippen LogP contribution in [0.3, 0.4) is 0 Å². The van der Waals surface area contributed by atoms with Gasteiger partial charge in [0, 0.05) is 42.2 Å². The Hall–Kier alpha value is -6.06. The third kappa shape index (κ3) is 9.00. The summed E-state index contributed by atoms with van der Waals surface area (Å²) in [5.41, 5.74) is 7.63. The van der Waals surface area contributed by atoms with Gasteiger partial charge in [-0.1, -0.05) is 6.58 Å². The molecular weight excluding hydrogens is 615 g/mol. The number of ether oxygens (including phenoxy) is 5. The number of nitrogens with two attached hydrogens (primary N) is 1. The fraction of sp³-hybridized carbons (Fsp3) is 0.258. The van der Waals surface area contributed by atoms with Gasteiger partial charge in [0.2, 0.25) is 0 Å². The molecule has 0 fully saturated rings. The molecule has 4 aromatic rings. The molecule has 0 saturated carbocycles. The number of halogens is 1. The van der Waals surface area contributed by atoms with Crippen molar-refractivity contribution in [2.75, 3.05) is 39.4 Å². The van der Waals surface area contributed by atoms with E-state index in [1.54, 1.807) is 37.3 Å². The maximum Gasteiger partial charge on any atom is 0.435 e. The molecule has 3 N–H and O–H groups in total. The molecule has 15 nitrogen and oxygen atoms in total. The molecule has 16 heteroatoms. The van der Waals surface area contributed by atoms with Crippen LogP contribution >= 0.6 is 0 Å². The average molecular weight is 649 g/mol. The lowest BCUT2D eigenvalue weighted by Crippen LogP contribution is -2.18. The smallest absolute Gasteiger partial charge is 0.435 e. The molecular formula is C31H33FN8O7. The van der Waals surface area contributed by atoms with Gasteiger partial charge in [-0.15, -0.1) is 9.78 Å². The Morgan fingerprint density at radius 1 is 1.06 bits per heavy atom. The lowest BCUT2D eigenvalue weighted by molar-refractivity contribution is -0.141. The monoisotopic (exact) mass is 648 g/mol. The number of methoxy groups -OCH3 is 2. The number of nitrogens with zero attached hydrogens (tertiary/aromatic N) is 6. The molecule has 2 heterocycles. The summed E-state index contributed by atoms with van der Waals surface area (Å²) in [6.45, 7) is 6.45. The zero-order valence-corrected chi connectivity index (χ0v) is 26.1. The molecule has 0 unspecified atom stereocenters. The molecule has 2 aromatic carbocycles. The van der Waals surface area contributed by atoms with Crippen LogP contribution in [0.1, 0.15) is 36.8 Å². The number of benzene rings is 2. The average Bonchev–Trinajstić information content (AvgIpc) is 3.50. The highest BCUT2D eigenvalue weighted by molar-refractivity contribution is 6.02. The Balaban J connectivity index is 1.73. The summed E-state index contributed by atoms with van der Waals surface area (Å²) >= 11 is 0. The van der Waals surface area contributed by atoms with Gasteiger partial charge < -0.3 is 34.7 Å². The summed E-state index contributed by atoms with van der Waals surface area (Å²) in [5, 5.41) is 7.78. The molecule has 0 aliphatic carbocycles. The normalized spacial score (nSPS) is 11.7. The Morgan fingerprint density at radius 2 is 1.79 bits per heavy atom. The number of nitrogens with one attached hydrogen (secondary N) is 1. The van der Waals surface area contributed by atoms with E-state index in [1.807, 2.05) is 0 Å². The predicted molar refractivity (Wildman–Crippen MR) is 167 cm³/mol. The minimum atomic E-state index is -1.06. The number of rotatable bonds is 14. The molecule has 47 heavy (non-hydrogen) atoms. The van der Waals surface area contributed by atoms with Crippen LogP contribution in [0.15, 0.2) is 72.0 Å². The van der Waals surface area contributed by atoms with Gasteiger partial charge in [0.25, 0.3) is 5.95 Å². The third-order valence-electron chi connectivity index (χ3n) is 6.16. The van der Waals surface area contributed by atoms with Crippen LogP contribution < -0.4 is 25.3 Å². The minimum absolute atomic E-state index is 0.0185. The number of esters is 1. The summed E-state index contributed by atoms with van der Waals surface area (Å²) in [6.07, 6.45) is 2.19. The van der Waals surface area contributed by atoms with Gasteiger partial charge >= 0.3 is 18.1 Å². The summed E-state index contributed by atoms with van der Waals surface area (Å²) in [4.78, 5) is 39.8. The highest BCUT2D eigenvalue weighted by Gasteiger charge is 2.28. The molecule has 0 spiro atoms. The van der Waals surface area contributed by atoms with Crippen molar-refractivity contribution in [1.82, 2.24) is 24.7 Å². The second kappa shape index (κ2) is 15.8. The van der Waals surface area contributed by atoms with Gasteiger partial charge in [-0.05, 0) is 48.9 Å². The van der Waals surface area contributed by atoms with Crippen LogP contribution in [0.25, 0.3) is 5.95 Å². The number of aliphatic imine (C=N–C) groups is 1. The predicted octanol–water partition coefficient (Wildman–Crippen LogP) is 3.78. The third-order valence-corrected chi connectivity index (χ3v) is 6.16. The van der Waals surface area contributed by atoms with Crippen LogP contribution in [-0.4, -0.2) is 76.7 Å². The van der Waals surface area contributed by atoms with Crippen LogP contribution in [-0.2, 0) is 14.3 Å². The van der Waals surface area contributed by atoms with Crippen LogP contribution in [0.5, 0.6) is 17.5 Å². The van der Waals surface area contributed by atoms with Crippen molar-refractivity contribution >= 4 is 23.6 Å². The molecule has 0 bridgehead atoms. The number of amides is 1. The van der Waals surface area contributed by atoms with Gasteiger partial charge in [0.15, 0.2) is 17.4 Å². The Labute approximate surface area is 269 Å². The van der Waals surface area contributed by atoms with Gasteiger partial charge in [0.1, 0.15) is 37.4 Å². The SMILES string of the molecule is C=C(C)COC(=O)N=C(N)c1ccc(N[C@@H](c2nc(OC)n(-c3ncccn3)n2)c2cc(OC)cc(OCCOC(C)=O)c2F)cc1. The van der Waals surface area contributed by atoms with Gasteiger partial charge in [-0.25, -0.2) is 19.2 Å². The summed E-state index contributed by atoms with van der Waals surface area (Å²) < 4.78 is 43.8. The first-order valence-electron chi connectivity index (χ1n) is 14.0. The van der Waals surface area contributed by atoms with E-state index in [9.17, 15) is 9.59 Å². The van der Waals surface area contributed by atoms with E-state index in [0.29, 0.717) is 16.8 Å². The van der Waals surface area contributed by atoms with Crippen LogP contribution in [0.2, 0.25) is 0 Å². The first-order valence-corrected chi connectivity index (χ1v) is 14.0. The second-order valence-corrected chi connectivity index (χ2v) is 9.80. The first kappa shape index (κ1) is 33.8. The summed E-state index contributed by atoms with van der Waals surface area (Å²) in [7, 11) is 2.82. The second-order valence-electron chi connectivity index (χ2n) is 9.80. The molecule has 0 radical (unpaired) electrons. The van der Waals surface area contributed by atoms with E-state index in [2.05, 4.69) is 36.9 Å². The Morgan fingerprint density at radius 3 is 2.43 bits per heavy atom. The molecule has 0 aliphatic rings. The van der Waals surface area contributed by atoms with Crippen LogP contribution in [0, 0.1) is 5.82 Å². The van der Waals surface area contributed by atoms with Crippen molar-refractivity contribution < 1.29 is 37.7 Å². The number of aromatic nitrogens is 5. The summed E-state index contributed by atoms with van der Waals surface area (Å²) in [5.74, 6) is -0.952. The fourth-order valence-corrected chi connectivity index (χ4v) is 4.03. The standard InChI is InChI=1S/C31H33FN8O7/c1-18(2)17-47-31(42)37-27(33)20-7-9-21(10-8-20)36-26(28-38-30(44-5)40(39-28)29-34-11-6-12-35-29)23-15-22(43-4)16-24(25(23)32)46-14-13-45-19(3)41/h6-12,15-16,26,36H,1,13-14,17H2,2-5H3,(H2,33,37,42)/t26-/m1/s1. The van der Waals surface area contributed by atoms with Crippen molar-refractivity contribution in [3.8, 4) is 23.5 Å². The van der Waals surface area contributed by atoms with Crippen molar-refractivity contribution in [2.45, 2.75) is 19.9 Å². The number of hydrogen-bond acceptors (Lipinski definition) is 12. The quantitative estimate of drug-likeness (QED) is 0.0662. The van der Waals surface area contributed by atoms with Crippen molar-refractivity contribution in [2.24, 2.45) is 10.7 Å². The van der Waals surface area contributed by atoms with E-state index in [0.717, 1.165) is 0 Å². The van der Waals surface area contributed by atoms with Gasteiger partial charge in [-0.2, -0.15) is 9.98 Å². The number of anilines is 1.